The van der Waals surface area contributed by atoms with Gasteiger partial charge < -0.3 is 25.2 Å². The van der Waals surface area contributed by atoms with E-state index in [2.05, 4.69) is 22.8 Å². The van der Waals surface area contributed by atoms with Crippen LogP contribution in [0.4, 0.5) is 4.79 Å². The summed E-state index contributed by atoms with van der Waals surface area (Å²) in [5, 5.41) is 14.5. The Morgan fingerprint density at radius 1 is 0.943 bits per heavy atom. The van der Waals surface area contributed by atoms with Crippen LogP contribution in [-0.2, 0) is 19.1 Å². The molecular formula is C27H34N2O6. The van der Waals surface area contributed by atoms with Crippen molar-refractivity contribution in [1.29, 1.82) is 0 Å². The van der Waals surface area contributed by atoms with E-state index in [0.29, 0.717) is 19.3 Å². The smallest absolute Gasteiger partial charge is 0.407 e. The number of hydrogen-bond acceptors (Lipinski definition) is 5. The molecule has 1 aliphatic rings. The number of hydrogen-bond donors (Lipinski definition) is 3. The van der Waals surface area contributed by atoms with Gasteiger partial charge in [0.1, 0.15) is 12.6 Å². The fraction of sp³-hybridized carbons (Fsp3) is 0.444. The van der Waals surface area contributed by atoms with E-state index in [9.17, 15) is 14.4 Å². The summed E-state index contributed by atoms with van der Waals surface area (Å²) in [6.45, 7) is 3.66. The maximum Gasteiger partial charge on any atom is 0.407 e. The Morgan fingerprint density at radius 2 is 1.54 bits per heavy atom. The number of nitrogens with one attached hydrogen (secondary N) is 2. The number of alkyl carbamates (subject to hydrolysis) is 1. The zero-order valence-electron chi connectivity index (χ0n) is 20.5. The van der Waals surface area contributed by atoms with E-state index in [1.807, 2.05) is 43.3 Å². The van der Waals surface area contributed by atoms with Crippen LogP contribution in [0.2, 0.25) is 0 Å². The van der Waals surface area contributed by atoms with Gasteiger partial charge in [-0.1, -0.05) is 61.9 Å². The molecule has 2 amide bonds. The molecule has 3 N–H and O–H groups in total. The lowest BCUT2D eigenvalue weighted by Crippen LogP contribution is -2.51. The summed E-state index contributed by atoms with van der Waals surface area (Å²) in [6.07, 6.45) is 1.15. The number of aliphatic carboxylic acids is 1. The zero-order valence-corrected chi connectivity index (χ0v) is 20.5. The standard InChI is InChI=1S/C27H34N2O6/c1-17(26(31)32)9-8-10-18(2)28-25(30)24(16-34-3)29-27(33)35-15-23-21-13-6-4-11-19(21)20-12-5-7-14-22(20)23/h4-7,11-14,17-18,23-24H,8-10,15-16H2,1-3H3,(H,28,30)(H,29,33)(H,31,32)/t17?,18?,24-/m0/s1. The summed E-state index contributed by atoms with van der Waals surface area (Å²) in [7, 11) is 1.45. The number of methoxy groups -OCH3 is 1. The minimum atomic E-state index is -0.906. The minimum Gasteiger partial charge on any atom is -0.481 e. The van der Waals surface area contributed by atoms with E-state index in [0.717, 1.165) is 22.3 Å². The molecular weight excluding hydrogens is 448 g/mol. The molecule has 3 rings (SSSR count). The highest BCUT2D eigenvalue weighted by atomic mass is 16.5. The summed E-state index contributed by atoms with van der Waals surface area (Å²) < 4.78 is 10.7. The molecule has 0 aromatic heterocycles. The van der Waals surface area contributed by atoms with Gasteiger partial charge in [0.15, 0.2) is 0 Å². The van der Waals surface area contributed by atoms with Gasteiger partial charge in [-0.25, -0.2) is 4.79 Å². The van der Waals surface area contributed by atoms with E-state index in [-0.39, 0.29) is 31.1 Å². The summed E-state index contributed by atoms with van der Waals surface area (Å²) >= 11 is 0. The van der Waals surface area contributed by atoms with Crippen LogP contribution >= 0.6 is 0 Å². The number of amides is 2. The summed E-state index contributed by atoms with van der Waals surface area (Å²) in [5.41, 5.74) is 4.50. The number of benzene rings is 2. The molecule has 0 radical (unpaired) electrons. The van der Waals surface area contributed by atoms with Crippen LogP contribution in [-0.4, -0.2) is 55.5 Å². The van der Waals surface area contributed by atoms with Crippen molar-refractivity contribution in [2.24, 2.45) is 5.92 Å². The van der Waals surface area contributed by atoms with Gasteiger partial charge in [0.2, 0.25) is 5.91 Å². The molecule has 0 heterocycles. The molecule has 0 aliphatic heterocycles. The van der Waals surface area contributed by atoms with Crippen LogP contribution < -0.4 is 10.6 Å². The molecule has 2 unspecified atom stereocenters. The lowest BCUT2D eigenvalue weighted by atomic mass is 9.98. The number of carboxylic acid groups (broad SMARTS) is 1. The first kappa shape index (κ1) is 26.2. The Labute approximate surface area is 206 Å². The van der Waals surface area contributed by atoms with Crippen LogP contribution in [0.1, 0.15) is 50.2 Å². The van der Waals surface area contributed by atoms with Crippen molar-refractivity contribution in [3.63, 3.8) is 0 Å². The first-order valence-corrected chi connectivity index (χ1v) is 12.0. The van der Waals surface area contributed by atoms with Gasteiger partial charge in [0, 0.05) is 19.1 Å². The molecule has 0 bridgehead atoms. The van der Waals surface area contributed by atoms with E-state index in [1.54, 1.807) is 6.92 Å². The Morgan fingerprint density at radius 3 is 2.11 bits per heavy atom. The number of carboxylic acids is 1. The van der Waals surface area contributed by atoms with Crippen molar-refractivity contribution < 1.29 is 29.0 Å². The first-order valence-electron chi connectivity index (χ1n) is 12.0. The average Bonchev–Trinajstić information content (AvgIpc) is 3.16. The van der Waals surface area contributed by atoms with Crippen molar-refractivity contribution >= 4 is 18.0 Å². The fourth-order valence-electron chi connectivity index (χ4n) is 4.40. The van der Waals surface area contributed by atoms with Crippen LogP contribution in [0.15, 0.2) is 48.5 Å². The number of carbonyl (C=O) groups is 3. The van der Waals surface area contributed by atoms with Crippen molar-refractivity contribution in [2.75, 3.05) is 20.3 Å². The molecule has 8 nitrogen and oxygen atoms in total. The molecule has 2 aromatic rings. The molecule has 0 spiro atoms. The molecule has 0 fully saturated rings. The van der Waals surface area contributed by atoms with Crippen LogP contribution in [0.25, 0.3) is 11.1 Å². The van der Waals surface area contributed by atoms with Crippen molar-refractivity contribution in [1.82, 2.24) is 10.6 Å². The molecule has 35 heavy (non-hydrogen) atoms. The van der Waals surface area contributed by atoms with E-state index < -0.39 is 24.0 Å². The predicted octanol–water partition coefficient (Wildman–Crippen LogP) is 3.94. The Hall–Kier alpha value is -3.39. The topological polar surface area (TPSA) is 114 Å². The summed E-state index contributed by atoms with van der Waals surface area (Å²) in [4.78, 5) is 36.2. The molecule has 1 aliphatic carbocycles. The molecule has 0 saturated carbocycles. The van der Waals surface area contributed by atoms with Crippen LogP contribution in [0.5, 0.6) is 0 Å². The number of rotatable bonds is 12. The highest BCUT2D eigenvalue weighted by Crippen LogP contribution is 2.44. The van der Waals surface area contributed by atoms with E-state index in [1.165, 1.54) is 7.11 Å². The molecule has 2 aromatic carbocycles. The lowest BCUT2D eigenvalue weighted by molar-refractivity contribution is -0.141. The predicted molar refractivity (Wildman–Crippen MR) is 132 cm³/mol. The Bertz CT molecular complexity index is 994. The maximum atomic E-state index is 12.7. The third-order valence-corrected chi connectivity index (χ3v) is 6.37. The number of carbonyl (C=O) groups excluding carboxylic acids is 2. The maximum absolute atomic E-state index is 12.7. The van der Waals surface area contributed by atoms with Gasteiger partial charge in [-0.05, 0) is 42.0 Å². The van der Waals surface area contributed by atoms with Gasteiger partial charge >= 0.3 is 12.1 Å². The second-order valence-electron chi connectivity index (χ2n) is 9.06. The van der Waals surface area contributed by atoms with Crippen molar-refractivity contribution in [3.05, 3.63) is 59.7 Å². The average molecular weight is 483 g/mol. The van der Waals surface area contributed by atoms with Crippen LogP contribution in [0.3, 0.4) is 0 Å². The third kappa shape index (κ3) is 6.82. The largest absolute Gasteiger partial charge is 0.481 e. The summed E-state index contributed by atoms with van der Waals surface area (Å²) in [6, 6.07) is 15.1. The van der Waals surface area contributed by atoms with Gasteiger partial charge in [-0.2, -0.15) is 0 Å². The molecule has 188 valence electrons. The van der Waals surface area contributed by atoms with Crippen LogP contribution in [0, 0.1) is 5.92 Å². The molecule has 8 heteroatoms. The van der Waals surface area contributed by atoms with E-state index >= 15 is 0 Å². The van der Waals surface area contributed by atoms with Crippen molar-refractivity contribution in [2.45, 2.75) is 51.1 Å². The summed E-state index contributed by atoms with van der Waals surface area (Å²) in [5.74, 6) is -1.70. The first-order chi connectivity index (χ1) is 16.8. The monoisotopic (exact) mass is 482 g/mol. The molecule has 3 atom stereocenters. The Balaban J connectivity index is 1.53. The normalized spacial score (nSPS) is 14.8. The van der Waals surface area contributed by atoms with Gasteiger partial charge in [-0.3, -0.25) is 9.59 Å². The number of ether oxygens (including phenoxy) is 2. The quantitative estimate of drug-likeness (QED) is 0.422. The SMILES string of the molecule is COC[C@H](NC(=O)OCC1c2ccccc2-c2ccccc21)C(=O)NC(C)CCCC(C)C(=O)O. The van der Waals surface area contributed by atoms with Crippen molar-refractivity contribution in [3.8, 4) is 11.1 Å². The molecule has 0 saturated heterocycles. The highest BCUT2D eigenvalue weighted by Gasteiger charge is 2.30. The highest BCUT2D eigenvalue weighted by molar-refractivity contribution is 5.86. The van der Waals surface area contributed by atoms with Gasteiger partial charge in [0.05, 0.1) is 12.5 Å². The number of fused-ring (bicyclic) bond motifs is 3. The van der Waals surface area contributed by atoms with Gasteiger partial charge in [0.25, 0.3) is 0 Å². The van der Waals surface area contributed by atoms with Gasteiger partial charge in [-0.15, -0.1) is 0 Å². The van der Waals surface area contributed by atoms with E-state index in [4.69, 9.17) is 14.6 Å². The second kappa shape index (κ2) is 12.4. The second-order valence-corrected chi connectivity index (χ2v) is 9.06. The third-order valence-electron chi connectivity index (χ3n) is 6.37. The lowest BCUT2D eigenvalue weighted by Gasteiger charge is -2.21. The zero-order chi connectivity index (χ0) is 25.4. The fourth-order valence-corrected chi connectivity index (χ4v) is 4.40. The Kier molecular flexibility index (Phi) is 9.25. The minimum absolute atomic E-state index is 0.00119.